The molecule has 6 nitrogen and oxygen atoms in total. The number of sulfonamides is 1. The molecule has 1 heterocycles. The van der Waals surface area contributed by atoms with Crippen molar-refractivity contribution in [3.8, 4) is 0 Å². The van der Waals surface area contributed by atoms with Crippen molar-refractivity contribution < 1.29 is 13.2 Å². The molecule has 0 bridgehead atoms. The van der Waals surface area contributed by atoms with E-state index in [4.69, 9.17) is 17.3 Å². The molecule has 0 radical (unpaired) electrons. The average Bonchev–Trinajstić information content (AvgIpc) is 2.25. The molecule has 1 rings (SSSR count). The van der Waals surface area contributed by atoms with Crippen LogP contribution in [-0.2, 0) is 14.8 Å². The van der Waals surface area contributed by atoms with E-state index in [1.807, 2.05) is 0 Å². The molecule has 1 aromatic rings. The zero-order chi connectivity index (χ0) is 13.9. The van der Waals surface area contributed by atoms with E-state index in [-0.39, 0.29) is 9.92 Å². The van der Waals surface area contributed by atoms with Gasteiger partial charge in [0.05, 0.1) is 11.6 Å². The smallest absolute Gasteiger partial charge is 0.246 e. The summed E-state index contributed by atoms with van der Waals surface area (Å²) in [6.07, 6.45) is 2.53. The molecule has 1 amide bonds. The lowest BCUT2D eigenvalue weighted by atomic mass is 10.4. The van der Waals surface area contributed by atoms with Crippen LogP contribution in [0.5, 0.6) is 0 Å². The molecule has 0 aliphatic heterocycles. The van der Waals surface area contributed by atoms with E-state index in [9.17, 15) is 13.2 Å². The van der Waals surface area contributed by atoms with E-state index < -0.39 is 28.5 Å². The van der Waals surface area contributed by atoms with Gasteiger partial charge in [-0.05, 0) is 19.9 Å². The van der Waals surface area contributed by atoms with Crippen molar-refractivity contribution in [1.82, 2.24) is 9.29 Å². The molecule has 0 aromatic carbocycles. The number of carbonyl (C=O) groups is 1. The second-order valence-corrected chi connectivity index (χ2v) is 6.18. The van der Waals surface area contributed by atoms with Gasteiger partial charge in [-0.15, -0.1) is 0 Å². The predicted molar refractivity (Wildman–Crippen MR) is 67.5 cm³/mol. The molecule has 0 spiro atoms. The number of nitrogens with two attached hydrogens (primary N) is 1. The van der Waals surface area contributed by atoms with Gasteiger partial charge in [0, 0.05) is 18.4 Å². The van der Waals surface area contributed by atoms with Crippen LogP contribution in [0.25, 0.3) is 0 Å². The maximum atomic E-state index is 12.3. The van der Waals surface area contributed by atoms with Crippen molar-refractivity contribution in [3.05, 3.63) is 23.5 Å². The van der Waals surface area contributed by atoms with Crippen LogP contribution in [0.15, 0.2) is 23.4 Å². The van der Waals surface area contributed by atoms with Gasteiger partial charge in [0.15, 0.2) is 0 Å². The Kier molecular flexibility index (Phi) is 4.66. The van der Waals surface area contributed by atoms with Crippen molar-refractivity contribution in [2.75, 3.05) is 6.54 Å². The van der Waals surface area contributed by atoms with Crippen LogP contribution < -0.4 is 5.73 Å². The molecular weight excluding hydrogens is 278 g/mol. The first kappa shape index (κ1) is 14.9. The number of carbonyl (C=O) groups excluding carboxylic acids is 1. The normalized spacial score (nSPS) is 12.1. The third-order valence-corrected chi connectivity index (χ3v) is 4.70. The first-order valence-electron chi connectivity index (χ1n) is 5.16. The molecule has 1 aromatic heterocycles. The van der Waals surface area contributed by atoms with Crippen molar-refractivity contribution in [2.24, 2.45) is 5.73 Å². The molecule has 0 fully saturated rings. The van der Waals surface area contributed by atoms with Gasteiger partial charge in [-0.1, -0.05) is 11.6 Å². The fraction of sp³-hybridized carbons (Fsp3) is 0.400. The number of aromatic nitrogens is 1. The number of hydrogen-bond acceptors (Lipinski definition) is 4. The first-order chi connectivity index (χ1) is 8.26. The van der Waals surface area contributed by atoms with E-state index in [0.29, 0.717) is 0 Å². The largest absolute Gasteiger partial charge is 0.369 e. The van der Waals surface area contributed by atoms with Gasteiger partial charge in [0.1, 0.15) is 4.90 Å². The quantitative estimate of drug-likeness (QED) is 0.860. The summed E-state index contributed by atoms with van der Waals surface area (Å²) in [6, 6.07) is 0.954. The summed E-state index contributed by atoms with van der Waals surface area (Å²) in [7, 11) is -3.89. The molecule has 2 N–H and O–H groups in total. The number of pyridine rings is 1. The van der Waals surface area contributed by atoms with Crippen molar-refractivity contribution in [1.29, 1.82) is 0 Å². The maximum Gasteiger partial charge on any atom is 0.246 e. The summed E-state index contributed by atoms with van der Waals surface area (Å²) >= 11 is 5.83. The molecule has 0 saturated heterocycles. The molecule has 0 unspecified atom stereocenters. The molecular formula is C10H14ClN3O3S. The van der Waals surface area contributed by atoms with Gasteiger partial charge in [-0.2, -0.15) is 4.31 Å². The monoisotopic (exact) mass is 291 g/mol. The summed E-state index contributed by atoms with van der Waals surface area (Å²) in [5, 5.41) is 0.0557. The average molecular weight is 292 g/mol. The van der Waals surface area contributed by atoms with E-state index in [0.717, 1.165) is 10.5 Å². The second kappa shape index (κ2) is 5.64. The fourth-order valence-corrected chi connectivity index (χ4v) is 3.39. The van der Waals surface area contributed by atoms with Crippen LogP contribution in [-0.4, -0.2) is 36.2 Å². The van der Waals surface area contributed by atoms with Crippen molar-refractivity contribution in [3.63, 3.8) is 0 Å². The van der Waals surface area contributed by atoms with Crippen molar-refractivity contribution >= 4 is 27.5 Å². The Morgan fingerprint density at radius 3 is 2.61 bits per heavy atom. The Morgan fingerprint density at radius 2 is 2.17 bits per heavy atom. The van der Waals surface area contributed by atoms with Gasteiger partial charge in [0.25, 0.3) is 0 Å². The van der Waals surface area contributed by atoms with Crippen LogP contribution in [0.4, 0.5) is 0 Å². The Labute approximate surface area is 111 Å². The second-order valence-electron chi connectivity index (χ2n) is 3.92. The van der Waals surface area contributed by atoms with Gasteiger partial charge < -0.3 is 5.73 Å². The predicted octanol–water partition coefficient (Wildman–Crippen LogP) is 0.619. The topological polar surface area (TPSA) is 93.4 Å². The lowest BCUT2D eigenvalue weighted by Crippen LogP contribution is -2.42. The Balaban J connectivity index is 3.26. The lowest BCUT2D eigenvalue weighted by Gasteiger charge is -2.24. The first-order valence-corrected chi connectivity index (χ1v) is 6.98. The number of halogens is 1. The maximum absolute atomic E-state index is 12.3. The minimum Gasteiger partial charge on any atom is -0.369 e. The van der Waals surface area contributed by atoms with Gasteiger partial charge in [-0.3, -0.25) is 9.78 Å². The summed E-state index contributed by atoms with van der Waals surface area (Å²) in [6.45, 7) is 2.89. The summed E-state index contributed by atoms with van der Waals surface area (Å²) in [5.41, 5.74) is 5.05. The number of nitrogens with zero attached hydrogens (tertiary/aromatic N) is 2. The van der Waals surface area contributed by atoms with Crippen LogP contribution in [0.1, 0.15) is 13.8 Å². The SMILES string of the molecule is CC(C)N(CC(N)=O)S(=O)(=O)c1cnccc1Cl. The zero-order valence-corrected chi connectivity index (χ0v) is 11.6. The third kappa shape index (κ3) is 3.18. The fourth-order valence-electron chi connectivity index (χ4n) is 1.38. The highest BCUT2D eigenvalue weighted by molar-refractivity contribution is 7.89. The number of primary amides is 1. The Bertz CT molecular complexity index is 545. The lowest BCUT2D eigenvalue weighted by molar-refractivity contribution is -0.118. The molecule has 0 aliphatic rings. The van der Waals surface area contributed by atoms with Gasteiger partial charge in [-0.25, -0.2) is 8.42 Å². The highest BCUT2D eigenvalue weighted by Gasteiger charge is 2.30. The number of rotatable bonds is 5. The molecule has 0 atom stereocenters. The van der Waals surface area contributed by atoms with Crippen LogP contribution in [0, 0.1) is 0 Å². The van der Waals surface area contributed by atoms with Crippen molar-refractivity contribution in [2.45, 2.75) is 24.8 Å². The van der Waals surface area contributed by atoms with Gasteiger partial charge >= 0.3 is 0 Å². The van der Waals surface area contributed by atoms with Gasteiger partial charge in [0.2, 0.25) is 15.9 Å². The minimum absolute atomic E-state index is 0.0557. The van der Waals surface area contributed by atoms with Crippen LogP contribution in [0.2, 0.25) is 5.02 Å². The highest BCUT2D eigenvalue weighted by atomic mass is 35.5. The summed E-state index contributed by atoms with van der Waals surface area (Å²) < 4.78 is 25.6. The zero-order valence-electron chi connectivity index (χ0n) is 10.00. The standard InChI is InChI=1S/C10H14ClN3O3S/c1-7(2)14(6-10(12)15)18(16,17)9-5-13-4-3-8(9)11/h3-5,7H,6H2,1-2H3,(H2,12,15). The third-order valence-electron chi connectivity index (χ3n) is 2.21. The molecule has 100 valence electrons. The highest BCUT2D eigenvalue weighted by Crippen LogP contribution is 2.24. The van der Waals surface area contributed by atoms with Crippen LogP contribution in [0.3, 0.4) is 0 Å². The number of hydrogen-bond donors (Lipinski definition) is 1. The van der Waals surface area contributed by atoms with E-state index >= 15 is 0 Å². The van der Waals surface area contributed by atoms with E-state index in [1.54, 1.807) is 13.8 Å². The summed E-state index contributed by atoms with van der Waals surface area (Å²) in [5.74, 6) is -0.729. The molecule has 0 aliphatic carbocycles. The number of amides is 1. The molecule has 8 heteroatoms. The van der Waals surface area contributed by atoms with E-state index in [2.05, 4.69) is 4.98 Å². The Hall–Kier alpha value is -1.18. The molecule has 0 saturated carbocycles. The Morgan fingerprint density at radius 1 is 1.56 bits per heavy atom. The summed E-state index contributed by atoms with van der Waals surface area (Å²) in [4.78, 5) is 14.5. The minimum atomic E-state index is -3.89. The van der Waals surface area contributed by atoms with Crippen LogP contribution >= 0.6 is 11.6 Å². The van der Waals surface area contributed by atoms with E-state index in [1.165, 1.54) is 12.3 Å². The molecule has 18 heavy (non-hydrogen) atoms.